The zero-order valence-electron chi connectivity index (χ0n) is 24.4. The van der Waals surface area contributed by atoms with E-state index in [1.54, 1.807) is 6.07 Å². The zero-order valence-corrected chi connectivity index (χ0v) is 24.4. The molecule has 1 unspecified atom stereocenters. The fraction of sp³-hybridized carbons (Fsp3) is 0.469. The van der Waals surface area contributed by atoms with Crippen LogP contribution in [-0.4, -0.2) is 81.7 Å². The number of aryl methyl sites for hydroxylation is 1. The smallest absolute Gasteiger partial charge is 0.318 e. The van der Waals surface area contributed by atoms with Crippen LogP contribution in [0.25, 0.3) is 32.9 Å². The Labute approximate surface area is 248 Å². The van der Waals surface area contributed by atoms with E-state index in [4.69, 9.17) is 4.74 Å². The molecule has 0 bridgehead atoms. The second-order valence-electron chi connectivity index (χ2n) is 11.5. The molecule has 3 aliphatic heterocycles. The number of hydrogen-bond donors (Lipinski definition) is 2. The summed E-state index contributed by atoms with van der Waals surface area (Å²) in [6.07, 6.45) is 6.34. The summed E-state index contributed by atoms with van der Waals surface area (Å²) >= 11 is 0. The van der Waals surface area contributed by atoms with E-state index < -0.39 is 17.8 Å². The van der Waals surface area contributed by atoms with Gasteiger partial charge in [-0.05, 0) is 79.6 Å². The summed E-state index contributed by atoms with van der Waals surface area (Å²) in [5.74, 6) is -0.769. The van der Waals surface area contributed by atoms with Crippen LogP contribution in [0.2, 0.25) is 0 Å². The molecule has 43 heavy (non-hydrogen) atoms. The van der Waals surface area contributed by atoms with Crippen molar-refractivity contribution in [3.8, 4) is 23.0 Å². The van der Waals surface area contributed by atoms with Crippen LogP contribution in [0.3, 0.4) is 0 Å². The lowest BCUT2D eigenvalue weighted by atomic mass is 9.94. The number of fused-ring (bicyclic) bond motifs is 3. The summed E-state index contributed by atoms with van der Waals surface area (Å²) < 4.78 is 48.5. The minimum absolute atomic E-state index is 0.00128. The van der Waals surface area contributed by atoms with Crippen LogP contribution in [0.4, 0.5) is 19.0 Å². The van der Waals surface area contributed by atoms with E-state index in [-0.39, 0.29) is 41.2 Å². The number of methoxy groups -OCH3 is 1. The standard InChI is InChI=1S/C25H24F2N4O3.C7H12FN/c1-3-16-19(26)7-6-13-9-15(33)10-17(20(13)16)22-21(27)23-18(11-28-22)24(30-25(29-23)34-2)31-8-4-5-14(31)12-32;8-6-4-7-2-1-3-9(7)5-6/h6-7,9-11,14,32-33H,3-5,8,12H2,1-2H3;6-7H,1-5H2/t14-;6-,7?/m01/s1. The first-order valence-electron chi connectivity index (χ1n) is 14.9. The number of halogens is 3. The summed E-state index contributed by atoms with van der Waals surface area (Å²) in [7, 11) is 1.40. The van der Waals surface area contributed by atoms with Gasteiger partial charge in [-0.3, -0.25) is 9.88 Å². The number of benzene rings is 2. The van der Waals surface area contributed by atoms with Crippen LogP contribution in [0.15, 0.2) is 30.5 Å². The van der Waals surface area contributed by atoms with Crippen molar-refractivity contribution in [2.75, 3.05) is 38.3 Å². The molecule has 228 valence electrons. The van der Waals surface area contributed by atoms with Gasteiger partial charge in [0.15, 0.2) is 5.82 Å². The van der Waals surface area contributed by atoms with Crippen molar-refractivity contribution >= 4 is 27.5 Å². The van der Waals surface area contributed by atoms with Gasteiger partial charge in [-0.25, -0.2) is 13.2 Å². The van der Waals surface area contributed by atoms with Gasteiger partial charge in [0.25, 0.3) is 0 Å². The monoisotopic (exact) mass is 595 g/mol. The number of rotatable bonds is 5. The number of nitrogens with zero attached hydrogens (tertiary/aromatic N) is 5. The summed E-state index contributed by atoms with van der Waals surface area (Å²) in [6, 6.07) is 6.26. The molecule has 2 aromatic carbocycles. The fourth-order valence-electron chi connectivity index (χ4n) is 6.88. The highest BCUT2D eigenvalue weighted by Crippen LogP contribution is 2.39. The lowest BCUT2D eigenvalue weighted by molar-refractivity contribution is 0.266. The molecule has 3 aliphatic rings. The highest BCUT2D eigenvalue weighted by molar-refractivity contribution is 6.01. The summed E-state index contributed by atoms with van der Waals surface area (Å²) in [5.41, 5.74) is 0.638. The average Bonchev–Trinajstić information content (AvgIpc) is 3.74. The normalized spacial score (nSPS) is 21.8. The van der Waals surface area contributed by atoms with Gasteiger partial charge in [0.05, 0.1) is 25.1 Å². The van der Waals surface area contributed by atoms with Gasteiger partial charge >= 0.3 is 6.01 Å². The van der Waals surface area contributed by atoms with Gasteiger partial charge in [-0.1, -0.05) is 13.0 Å². The Morgan fingerprint density at radius 2 is 1.91 bits per heavy atom. The SMILES string of the molecule is CCc1c(F)ccc2cc(O)cc(-c3ncc4c(N5CCC[C@H]5CO)nc(OC)nc4c3F)c12.F[C@@H]1CC2CCCN2C1. The third kappa shape index (κ3) is 5.44. The van der Waals surface area contributed by atoms with E-state index in [0.29, 0.717) is 53.1 Å². The van der Waals surface area contributed by atoms with Crippen LogP contribution in [-0.2, 0) is 6.42 Å². The predicted molar refractivity (Wildman–Crippen MR) is 159 cm³/mol. The molecule has 0 spiro atoms. The second kappa shape index (κ2) is 12.1. The van der Waals surface area contributed by atoms with Crippen molar-refractivity contribution in [1.82, 2.24) is 19.9 Å². The van der Waals surface area contributed by atoms with Crippen LogP contribution < -0.4 is 9.64 Å². The molecule has 0 aliphatic carbocycles. The van der Waals surface area contributed by atoms with E-state index in [9.17, 15) is 19.0 Å². The molecule has 0 radical (unpaired) electrons. The van der Waals surface area contributed by atoms with Crippen LogP contribution in [0.5, 0.6) is 11.8 Å². The molecule has 4 aromatic rings. The van der Waals surface area contributed by atoms with Gasteiger partial charge in [-0.15, -0.1) is 0 Å². The van der Waals surface area contributed by atoms with Crippen molar-refractivity contribution in [2.24, 2.45) is 0 Å². The highest BCUT2D eigenvalue weighted by Gasteiger charge is 2.35. The molecule has 3 saturated heterocycles. The quantitative estimate of drug-likeness (QED) is 0.310. The predicted octanol–water partition coefficient (Wildman–Crippen LogP) is 5.55. The van der Waals surface area contributed by atoms with Gasteiger partial charge in [0.2, 0.25) is 0 Å². The number of ether oxygens (including phenoxy) is 1. The fourth-order valence-corrected chi connectivity index (χ4v) is 6.88. The number of phenols is 1. The van der Waals surface area contributed by atoms with Crippen LogP contribution in [0.1, 0.15) is 44.6 Å². The number of aliphatic hydroxyl groups is 1. The van der Waals surface area contributed by atoms with Gasteiger partial charge in [-0.2, -0.15) is 9.97 Å². The van der Waals surface area contributed by atoms with Crippen molar-refractivity contribution in [2.45, 2.75) is 63.7 Å². The third-order valence-corrected chi connectivity index (χ3v) is 8.91. The minimum atomic E-state index is -0.725. The number of pyridine rings is 1. The lowest BCUT2D eigenvalue weighted by Gasteiger charge is -2.25. The van der Waals surface area contributed by atoms with Gasteiger partial charge in [0, 0.05) is 30.9 Å². The molecule has 2 aromatic heterocycles. The molecule has 2 N–H and O–H groups in total. The first kappa shape index (κ1) is 29.4. The number of aliphatic hydroxyl groups excluding tert-OH is 1. The molecule has 5 heterocycles. The minimum Gasteiger partial charge on any atom is -0.508 e. The molecular weight excluding hydrogens is 559 g/mol. The van der Waals surface area contributed by atoms with E-state index in [1.165, 1.54) is 44.3 Å². The van der Waals surface area contributed by atoms with Crippen molar-refractivity contribution in [3.05, 3.63) is 47.7 Å². The maximum absolute atomic E-state index is 16.1. The number of anilines is 1. The largest absolute Gasteiger partial charge is 0.508 e. The summed E-state index contributed by atoms with van der Waals surface area (Å²) in [5, 5.41) is 21.6. The zero-order chi connectivity index (χ0) is 30.2. The van der Waals surface area contributed by atoms with Gasteiger partial charge in [0.1, 0.15) is 34.8 Å². The van der Waals surface area contributed by atoms with E-state index in [1.807, 2.05) is 11.8 Å². The Morgan fingerprint density at radius 3 is 2.65 bits per heavy atom. The summed E-state index contributed by atoms with van der Waals surface area (Å²) in [6.45, 7) is 4.27. The first-order valence-corrected chi connectivity index (χ1v) is 14.9. The average molecular weight is 596 g/mol. The Morgan fingerprint density at radius 1 is 1.09 bits per heavy atom. The molecular formula is C32H36F3N5O3. The van der Waals surface area contributed by atoms with Crippen molar-refractivity contribution in [3.63, 3.8) is 0 Å². The van der Waals surface area contributed by atoms with Crippen LogP contribution in [0, 0.1) is 11.6 Å². The number of hydrogen-bond acceptors (Lipinski definition) is 8. The van der Waals surface area contributed by atoms with E-state index in [0.717, 1.165) is 25.8 Å². The van der Waals surface area contributed by atoms with E-state index >= 15 is 4.39 Å². The molecule has 8 nitrogen and oxygen atoms in total. The number of aromatic hydroxyl groups is 1. The van der Waals surface area contributed by atoms with Crippen molar-refractivity contribution in [1.29, 1.82) is 0 Å². The Hall–Kier alpha value is -3.70. The lowest BCUT2D eigenvalue weighted by Crippen LogP contribution is -2.33. The number of alkyl halides is 1. The molecule has 7 rings (SSSR count). The Balaban J connectivity index is 0.000000310. The molecule has 0 amide bonds. The molecule has 11 heteroatoms. The van der Waals surface area contributed by atoms with Crippen molar-refractivity contribution < 1.29 is 28.1 Å². The molecule has 0 saturated carbocycles. The van der Waals surface area contributed by atoms with Gasteiger partial charge < -0.3 is 19.8 Å². The maximum Gasteiger partial charge on any atom is 0.318 e. The number of aromatic nitrogens is 3. The Kier molecular flexibility index (Phi) is 8.28. The third-order valence-electron chi connectivity index (χ3n) is 8.91. The highest BCUT2D eigenvalue weighted by atomic mass is 19.1. The topological polar surface area (TPSA) is 94.8 Å². The summed E-state index contributed by atoms with van der Waals surface area (Å²) in [4.78, 5) is 17.3. The molecule has 3 atom stereocenters. The Bertz CT molecular complexity index is 1640. The second-order valence-corrected chi connectivity index (χ2v) is 11.5. The molecule has 3 fully saturated rings. The number of phenolic OH excluding ortho intramolecular Hbond substituents is 1. The first-order chi connectivity index (χ1) is 20.8. The van der Waals surface area contributed by atoms with Crippen LogP contribution >= 0.6 is 0 Å². The maximum atomic E-state index is 16.1. The van der Waals surface area contributed by atoms with E-state index in [2.05, 4.69) is 19.9 Å².